The number of amides is 2. The Hall–Kier alpha value is -5.06. The largest absolute Gasteiger partial charge is 0.493 e. The number of alkyl halides is 3. The molecule has 1 atom stereocenters. The van der Waals surface area contributed by atoms with Gasteiger partial charge in [0.2, 0.25) is 15.9 Å². The number of pyridine rings is 1. The van der Waals surface area contributed by atoms with Crippen LogP contribution < -0.4 is 10.2 Å². The van der Waals surface area contributed by atoms with Crippen molar-refractivity contribution in [3.8, 4) is 5.75 Å². The quantitative estimate of drug-likeness (QED) is 0.194. The average Bonchev–Trinajstić information content (AvgIpc) is 3.51. The first kappa shape index (κ1) is 34.3. The molecule has 2 amide bonds. The van der Waals surface area contributed by atoms with Gasteiger partial charge in [-0.1, -0.05) is 36.4 Å². The van der Waals surface area contributed by atoms with Gasteiger partial charge in [-0.25, -0.2) is 18.7 Å². The number of carbonyl (C=O) groups excluding carboxylic acids is 3. The van der Waals surface area contributed by atoms with Crippen molar-refractivity contribution >= 4 is 38.7 Å². The smallest absolute Gasteiger partial charge is 0.489 e. The van der Waals surface area contributed by atoms with E-state index in [2.05, 4.69) is 9.82 Å². The molecule has 48 heavy (non-hydrogen) atoms. The molecule has 5 rings (SSSR count). The SMILES string of the molecule is Cc1cc(COc2ccc(C(=O)N(OC(=O)C(F)(F)F)C3(CC(=O)NO)CCN(S(=O)(=O)c4ccccc4)C3)cc2)c2ccccc2n1. The second-order valence-electron chi connectivity index (χ2n) is 11.1. The van der Waals surface area contributed by atoms with Crippen molar-refractivity contribution in [2.24, 2.45) is 0 Å². The van der Waals surface area contributed by atoms with Crippen molar-refractivity contribution in [1.29, 1.82) is 0 Å². The fourth-order valence-corrected chi connectivity index (χ4v) is 7.00. The first-order valence-electron chi connectivity index (χ1n) is 14.4. The lowest BCUT2D eigenvalue weighted by Crippen LogP contribution is -2.57. The lowest BCUT2D eigenvalue weighted by atomic mass is 9.92. The van der Waals surface area contributed by atoms with E-state index in [4.69, 9.17) is 4.74 Å². The van der Waals surface area contributed by atoms with Gasteiger partial charge in [0.1, 0.15) is 17.9 Å². The zero-order valence-electron chi connectivity index (χ0n) is 25.3. The van der Waals surface area contributed by atoms with E-state index in [1.54, 1.807) is 6.07 Å². The summed E-state index contributed by atoms with van der Waals surface area (Å²) in [7, 11) is -4.27. The van der Waals surface area contributed by atoms with Crippen LogP contribution in [0.4, 0.5) is 13.2 Å². The van der Waals surface area contributed by atoms with E-state index >= 15 is 0 Å². The molecular formula is C32H29F3N4O8S. The Morgan fingerprint density at radius 3 is 2.35 bits per heavy atom. The van der Waals surface area contributed by atoms with Gasteiger partial charge in [0.05, 0.1) is 16.8 Å². The van der Waals surface area contributed by atoms with Gasteiger partial charge >= 0.3 is 12.1 Å². The van der Waals surface area contributed by atoms with E-state index in [1.807, 2.05) is 37.3 Å². The van der Waals surface area contributed by atoms with Crippen molar-refractivity contribution in [1.82, 2.24) is 19.8 Å². The number of benzene rings is 3. The van der Waals surface area contributed by atoms with E-state index in [1.165, 1.54) is 54.0 Å². The number of nitrogens with zero attached hydrogens (tertiary/aromatic N) is 3. The molecule has 4 aromatic rings. The molecule has 1 aliphatic heterocycles. The number of aryl methyl sites for hydroxylation is 1. The van der Waals surface area contributed by atoms with Crippen LogP contribution in [0.1, 0.15) is 34.5 Å². The van der Waals surface area contributed by atoms with Crippen molar-refractivity contribution in [3.63, 3.8) is 0 Å². The number of hydrogen-bond acceptors (Lipinski definition) is 9. The van der Waals surface area contributed by atoms with Crippen LogP contribution in [0.15, 0.2) is 89.8 Å². The highest BCUT2D eigenvalue weighted by Gasteiger charge is 2.54. The van der Waals surface area contributed by atoms with Crippen LogP contribution >= 0.6 is 0 Å². The van der Waals surface area contributed by atoms with Crippen LogP contribution in [0.5, 0.6) is 5.75 Å². The van der Waals surface area contributed by atoms with Gasteiger partial charge in [0.15, 0.2) is 0 Å². The summed E-state index contributed by atoms with van der Waals surface area (Å²) in [6.45, 7) is 0.858. The Bertz CT molecular complexity index is 1940. The highest BCUT2D eigenvalue weighted by Crippen LogP contribution is 2.37. The van der Waals surface area contributed by atoms with Crippen LogP contribution in [0.2, 0.25) is 0 Å². The normalized spacial score (nSPS) is 16.8. The molecule has 1 fully saturated rings. The first-order valence-corrected chi connectivity index (χ1v) is 15.9. The molecule has 1 unspecified atom stereocenters. The van der Waals surface area contributed by atoms with Crippen molar-refractivity contribution in [2.75, 3.05) is 13.1 Å². The molecular weight excluding hydrogens is 657 g/mol. The van der Waals surface area contributed by atoms with Crippen LogP contribution in [0.3, 0.4) is 0 Å². The topological polar surface area (TPSA) is 155 Å². The summed E-state index contributed by atoms with van der Waals surface area (Å²) in [4.78, 5) is 47.3. The molecule has 0 radical (unpaired) electrons. The lowest BCUT2D eigenvalue weighted by Gasteiger charge is -2.38. The summed E-state index contributed by atoms with van der Waals surface area (Å²) in [6.07, 6.45) is -6.90. The molecule has 0 aliphatic carbocycles. The van der Waals surface area contributed by atoms with E-state index in [0.29, 0.717) is 5.75 Å². The fraction of sp³-hybridized carbons (Fsp3) is 0.250. The minimum absolute atomic E-state index is 0.0837. The Kier molecular flexibility index (Phi) is 9.70. The number of hydrogen-bond donors (Lipinski definition) is 2. The number of ether oxygens (including phenoxy) is 1. The second-order valence-corrected chi connectivity index (χ2v) is 13.0. The molecule has 12 nitrogen and oxygen atoms in total. The maximum absolute atomic E-state index is 13.8. The zero-order chi connectivity index (χ0) is 34.7. The van der Waals surface area contributed by atoms with E-state index in [0.717, 1.165) is 26.5 Å². The van der Waals surface area contributed by atoms with Gasteiger partial charge in [-0.3, -0.25) is 19.8 Å². The first-order chi connectivity index (χ1) is 22.7. The predicted octanol–water partition coefficient (Wildman–Crippen LogP) is 4.31. The van der Waals surface area contributed by atoms with Crippen LogP contribution in [0.25, 0.3) is 10.9 Å². The zero-order valence-corrected chi connectivity index (χ0v) is 26.1. The average molecular weight is 687 g/mol. The predicted molar refractivity (Wildman–Crippen MR) is 163 cm³/mol. The Morgan fingerprint density at radius 1 is 1.02 bits per heavy atom. The second kappa shape index (κ2) is 13.6. The molecule has 0 saturated carbocycles. The highest BCUT2D eigenvalue weighted by atomic mass is 32.2. The van der Waals surface area contributed by atoms with Crippen LogP contribution in [-0.2, 0) is 31.1 Å². The third kappa shape index (κ3) is 7.25. The number of carbonyl (C=O) groups is 3. The van der Waals surface area contributed by atoms with Gasteiger partial charge in [0, 0.05) is 35.3 Å². The molecule has 2 heterocycles. The molecule has 0 bridgehead atoms. The number of aromatic nitrogens is 1. The van der Waals surface area contributed by atoms with Gasteiger partial charge < -0.3 is 9.57 Å². The molecule has 1 aliphatic rings. The fourth-order valence-electron chi connectivity index (χ4n) is 5.46. The minimum atomic E-state index is -5.56. The summed E-state index contributed by atoms with van der Waals surface area (Å²) >= 11 is 0. The summed E-state index contributed by atoms with van der Waals surface area (Å²) < 4.78 is 73.9. The van der Waals surface area contributed by atoms with Crippen molar-refractivity contribution in [3.05, 3.63) is 102 Å². The maximum Gasteiger partial charge on any atom is 0.493 e. The lowest BCUT2D eigenvalue weighted by molar-refractivity contribution is -0.243. The third-order valence-corrected chi connectivity index (χ3v) is 9.60. The molecule has 1 aromatic heterocycles. The number of hydroxylamine groups is 3. The Labute approximate surface area is 272 Å². The third-order valence-electron chi connectivity index (χ3n) is 7.74. The number of nitrogens with one attached hydrogen (secondary N) is 1. The van der Waals surface area contributed by atoms with Gasteiger partial charge in [0.25, 0.3) is 5.91 Å². The van der Waals surface area contributed by atoms with Crippen LogP contribution in [-0.4, -0.2) is 70.6 Å². The Balaban J connectivity index is 1.45. The molecule has 2 N–H and O–H groups in total. The molecule has 16 heteroatoms. The van der Waals surface area contributed by atoms with E-state index < -0.39 is 58.9 Å². The highest BCUT2D eigenvalue weighted by molar-refractivity contribution is 7.89. The summed E-state index contributed by atoms with van der Waals surface area (Å²) in [5.41, 5.74) is 1.30. The molecule has 3 aromatic carbocycles. The monoisotopic (exact) mass is 686 g/mol. The van der Waals surface area contributed by atoms with Crippen molar-refractivity contribution < 1.29 is 50.8 Å². The van der Waals surface area contributed by atoms with E-state index in [9.17, 15) is 41.2 Å². The minimum Gasteiger partial charge on any atom is -0.489 e. The number of para-hydroxylation sites is 1. The summed E-state index contributed by atoms with van der Waals surface area (Å²) in [5.74, 6) is -4.93. The standard InChI is InChI=1S/C32H29F3N4O8S/c1-21-17-23(26-9-5-6-10-27(26)36-21)19-46-24-13-11-22(12-14-24)29(41)39(47-30(42)32(33,34)35)31(18-28(40)37-43)15-16-38(20-31)48(44,45)25-7-3-2-4-8-25/h2-14,17,43H,15-16,18-20H2,1H3,(H,37,40). The number of halogens is 3. The number of rotatable bonds is 9. The summed E-state index contributed by atoms with van der Waals surface area (Å²) in [5, 5.41) is 10.2. The maximum atomic E-state index is 13.8. The van der Waals surface area contributed by atoms with Crippen LogP contribution in [0, 0.1) is 6.92 Å². The van der Waals surface area contributed by atoms with Gasteiger partial charge in [-0.05, 0) is 61.9 Å². The summed E-state index contributed by atoms with van der Waals surface area (Å²) in [6, 6.07) is 21.6. The van der Waals surface area contributed by atoms with Gasteiger partial charge in [-0.2, -0.15) is 22.5 Å². The molecule has 1 saturated heterocycles. The number of fused-ring (bicyclic) bond motifs is 1. The molecule has 0 spiro atoms. The van der Waals surface area contributed by atoms with E-state index in [-0.39, 0.29) is 28.7 Å². The molecule has 252 valence electrons. The van der Waals surface area contributed by atoms with Crippen molar-refractivity contribution in [2.45, 2.75) is 43.0 Å². The number of sulfonamides is 1. The van der Waals surface area contributed by atoms with Gasteiger partial charge in [-0.15, -0.1) is 0 Å². The Morgan fingerprint density at radius 2 is 1.69 bits per heavy atom.